The summed E-state index contributed by atoms with van der Waals surface area (Å²) in [5.41, 5.74) is 1.14. The number of aromatic nitrogens is 1. The molecular weight excluding hydrogens is 274 g/mol. The van der Waals surface area contributed by atoms with Crippen molar-refractivity contribution in [2.45, 2.75) is 39.9 Å². The van der Waals surface area contributed by atoms with Crippen LogP contribution in [0.1, 0.15) is 29.3 Å². The van der Waals surface area contributed by atoms with E-state index in [1.807, 2.05) is 18.4 Å². The zero-order valence-corrected chi connectivity index (χ0v) is 13.6. The number of hydrogen-bond acceptors (Lipinski definition) is 5. The van der Waals surface area contributed by atoms with Gasteiger partial charge in [-0.05, 0) is 39.3 Å². The van der Waals surface area contributed by atoms with Gasteiger partial charge in [-0.1, -0.05) is 6.07 Å². The Morgan fingerprint density at radius 3 is 2.79 bits per heavy atom. The minimum Gasteiger partial charge on any atom is -0.341 e. The summed E-state index contributed by atoms with van der Waals surface area (Å²) >= 11 is 3.61. The fourth-order valence-electron chi connectivity index (χ4n) is 1.90. The minimum absolute atomic E-state index is 0.454. The molecule has 0 aliphatic carbocycles. The molecule has 0 fully saturated rings. The number of anilines is 1. The van der Waals surface area contributed by atoms with Crippen LogP contribution in [0.5, 0.6) is 0 Å². The lowest BCUT2D eigenvalue weighted by atomic mass is 10.3. The molecule has 2 heterocycles. The zero-order valence-electron chi connectivity index (χ0n) is 11.9. The molecule has 0 saturated carbocycles. The summed E-state index contributed by atoms with van der Waals surface area (Å²) in [6.45, 7) is 8.39. The molecule has 3 nitrogen and oxygen atoms in total. The molecule has 0 amide bonds. The van der Waals surface area contributed by atoms with Crippen molar-refractivity contribution in [2.24, 2.45) is 0 Å². The van der Waals surface area contributed by atoms with Gasteiger partial charge in [0, 0.05) is 22.3 Å². The molecule has 0 aromatic carbocycles. The van der Waals surface area contributed by atoms with Gasteiger partial charge in [-0.15, -0.1) is 22.7 Å². The first-order valence-corrected chi connectivity index (χ1v) is 8.21. The lowest BCUT2D eigenvalue weighted by molar-refractivity contribution is 0.684. The molecule has 5 heteroatoms. The van der Waals surface area contributed by atoms with Crippen molar-refractivity contribution in [3.63, 3.8) is 0 Å². The van der Waals surface area contributed by atoms with Crippen LogP contribution in [0.2, 0.25) is 0 Å². The van der Waals surface area contributed by atoms with E-state index in [1.165, 1.54) is 9.75 Å². The van der Waals surface area contributed by atoms with E-state index in [9.17, 15) is 0 Å². The summed E-state index contributed by atoms with van der Waals surface area (Å²) in [5, 5.41) is 6.47. The summed E-state index contributed by atoms with van der Waals surface area (Å²) in [6, 6.07) is 4.75. The second-order valence-corrected chi connectivity index (χ2v) is 6.93. The van der Waals surface area contributed by atoms with Gasteiger partial charge in [-0.25, -0.2) is 4.98 Å². The first-order chi connectivity index (χ1) is 9.11. The molecule has 0 atom stereocenters. The van der Waals surface area contributed by atoms with Gasteiger partial charge < -0.3 is 10.2 Å². The molecule has 19 heavy (non-hydrogen) atoms. The van der Waals surface area contributed by atoms with E-state index in [-0.39, 0.29) is 0 Å². The lowest BCUT2D eigenvalue weighted by Crippen LogP contribution is -2.29. The maximum atomic E-state index is 4.74. The van der Waals surface area contributed by atoms with E-state index in [0.717, 1.165) is 23.9 Å². The molecule has 0 bridgehead atoms. The minimum atomic E-state index is 0.454. The van der Waals surface area contributed by atoms with Crippen LogP contribution >= 0.6 is 22.7 Å². The number of aryl methyl sites for hydroxylation is 1. The Labute approximate surface area is 123 Å². The monoisotopic (exact) mass is 295 g/mol. The van der Waals surface area contributed by atoms with E-state index >= 15 is 0 Å². The standard InChI is InChI=1S/C14H21N3S2/c1-10(2)17(9-12-6-5-7-18-12)14-16-11(3)13(19-14)8-15-4/h5-7,10,15H,8-9H2,1-4H3. The first-order valence-electron chi connectivity index (χ1n) is 6.51. The molecule has 1 N–H and O–H groups in total. The highest BCUT2D eigenvalue weighted by Gasteiger charge is 2.17. The lowest BCUT2D eigenvalue weighted by Gasteiger charge is -2.25. The van der Waals surface area contributed by atoms with Gasteiger partial charge in [0.05, 0.1) is 12.2 Å². The fourth-order valence-corrected chi connectivity index (χ4v) is 3.81. The van der Waals surface area contributed by atoms with Crippen molar-refractivity contribution in [3.05, 3.63) is 33.0 Å². The van der Waals surface area contributed by atoms with Crippen LogP contribution in [0.4, 0.5) is 5.13 Å². The SMILES string of the molecule is CNCc1sc(N(Cc2cccs2)C(C)C)nc1C. The second-order valence-electron chi connectivity index (χ2n) is 4.84. The number of rotatable bonds is 6. The van der Waals surface area contributed by atoms with E-state index in [4.69, 9.17) is 4.98 Å². The summed E-state index contributed by atoms with van der Waals surface area (Å²) in [7, 11) is 1.98. The van der Waals surface area contributed by atoms with E-state index in [0.29, 0.717) is 6.04 Å². The van der Waals surface area contributed by atoms with Gasteiger partial charge in [-0.3, -0.25) is 0 Å². The van der Waals surface area contributed by atoms with Crippen molar-refractivity contribution in [1.82, 2.24) is 10.3 Å². The summed E-state index contributed by atoms with van der Waals surface area (Å²) in [5.74, 6) is 0. The van der Waals surface area contributed by atoms with Crippen LogP contribution in [-0.2, 0) is 13.1 Å². The summed E-state index contributed by atoms with van der Waals surface area (Å²) < 4.78 is 0. The highest BCUT2D eigenvalue weighted by Crippen LogP contribution is 2.29. The van der Waals surface area contributed by atoms with Gasteiger partial charge in [0.15, 0.2) is 5.13 Å². The van der Waals surface area contributed by atoms with Crippen LogP contribution in [0.25, 0.3) is 0 Å². The van der Waals surface area contributed by atoms with Crippen LogP contribution in [0, 0.1) is 6.92 Å². The predicted octanol–water partition coefficient (Wildman–Crippen LogP) is 3.65. The van der Waals surface area contributed by atoms with Crippen LogP contribution in [-0.4, -0.2) is 18.1 Å². The molecule has 2 rings (SSSR count). The molecule has 2 aromatic rings. The topological polar surface area (TPSA) is 28.2 Å². The summed E-state index contributed by atoms with van der Waals surface area (Å²) in [6.07, 6.45) is 0. The smallest absolute Gasteiger partial charge is 0.186 e. The van der Waals surface area contributed by atoms with Crippen LogP contribution in [0.3, 0.4) is 0 Å². The molecular formula is C14H21N3S2. The van der Waals surface area contributed by atoms with Crippen LogP contribution < -0.4 is 10.2 Å². The van der Waals surface area contributed by atoms with Gasteiger partial charge in [0.1, 0.15) is 0 Å². The molecule has 0 saturated heterocycles. The fraction of sp³-hybridized carbons (Fsp3) is 0.500. The highest BCUT2D eigenvalue weighted by atomic mass is 32.1. The third-order valence-electron chi connectivity index (χ3n) is 2.99. The number of hydrogen-bond donors (Lipinski definition) is 1. The van der Waals surface area contributed by atoms with Crippen molar-refractivity contribution >= 4 is 27.8 Å². The average molecular weight is 295 g/mol. The Balaban J connectivity index is 2.21. The first kappa shape index (κ1) is 14.5. The largest absolute Gasteiger partial charge is 0.341 e. The van der Waals surface area contributed by atoms with Crippen LogP contribution in [0.15, 0.2) is 17.5 Å². The molecule has 2 aromatic heterocycles. The van der Waals surface area contributed by atoms with Crippen molar-refractivity contribution < 1.29 is 0 Å². The third kappa shape index (κ3) is 3.55. The summed E-state index contributed by atoms with van der Waals surface area (Å²) in [4.78, 5) is 9.83. The number of nitrogens with one attached hydrogen (secondary N) is 1. The normalized spacial score (nSPS) is 11.2. The van der Waals surface area contributed by atoms with Gasteiger partial charge in [0.25, 0.3) is 0 Å². The van der Waals surface area contributed by atoms with Crippen molar-refractivity contribution in [1.29, 1.82) is 0 Å². The maximum absolute atomic E-state index is 4.74. The molecule has 0 radical (unpaired) electrons. The number of thiophene rings is 1. The maximum Gasteiger partial charge on any atom is 0.186 e. The average Bonchev–Trinajstić information content (AvgIpc) is 2.97. The molecule has 0 spiro atoms. The number of nitrogens with zero attached hydrogens (tertiary/aromatic N) is 2. The van der Waals surface area contributed by atoms with E-state index < -0.39 is 0 Å². The second kappa shape index (κ2) is 6.50. The molecule has 0 aliphatic heterocycles. The Morgan fingerprint density at radius 1 is 1.42 bits per heavy atom. The van der Waals surface area contributed by atoms with Crippen molar-refractivity contribution in [2.75, 3.05) is 11.9 Å². The molecule has 0 aliphatic rings. The Morgan fingerprint density at radius 2 is 2.21 bits per heavy atom. The highest BCUT2D eigenvalue weighted by molar-refractivity contribution is 7.15. The number of thiazole rings is 1. The van der Waals surface area contributed by atoms with Gasteiger partial charge >= 0.3 is 0 Å². The quantitative estimate of drug-likeness (QED) is 0.882. The Hall–Kier alpha value is -0.910. The predicted molar refractivity (Wildman–Crippen MR) is 85.3 cm³/mol. The van der Waals surface area contributed by atoms with E-state index in [2.05, 4.69) is 48.5 Å². The van der Waals surface area contributed by atoms with Crippen molar-refractivity contribution in [3.8, 4) is 0 Å². The molecule has 104 valence electrons. The Bertz CT molecular complexity index is 503. The zero-order chi connectivity index (χ0) is 13.8. The van der Waals surface area contributed by atoms with E-state index in [1.54, 1.807) is 11.3 Å². The molecule has 0 unspecified atom stereocenters. The Kier molecular flexibility index (Phi) is 4.96. The van der Waals surface area contributed by atoms with Gasteiger partial charge in [-0.2, -0.15) is 0 Å². The third-order valence-corrected chi connectivity index (χ3v) is 5.05. The van der Waals surface area contributed by atoms with Gasteiger partial charge in [0.2, 0.25) is 0 Å².